The molecule has 23 heavy (non-hydrogen) atoms. The average molecular weight is 341 g/mol. The van der Waals surface area contributed by atoms with Gasteiger partial charge in [-0.05, 0) is 30.6 Å². The number of anilines is 1. The van der Waals surface area contributed by atoms with E-state index in [1.54, 1.807) is 28.9 Å². The molecule has 5 nitrogen and oxygen atoms in total. The first-order valence-electron chi connectivity index (χ1n) is 7.26. The SMILES string of the molecule is CNC1Nc2ncccc2C(c2cccs2)=NC1c1cncs1. The zero-order chi connectivity index (χ0) is 15.6. The van der Waals surface area contributed by atoms with Gasteiger partial charge in [0, 0.05) is 18.0 Å². The number of nitrogens with one attached hydrogen (secondary N) is 2. The maximum Gasteiger partial charge on any atom is 0.136 e. The molecule has 0 aliphatic carbocycles. The number of likely N-dealkylation sites (N-methyl/N-ethyl adjacent to an activating group) is 1. The fourth-order valence-corrected chi connectivity index (χ4v) is 4.09. The van der Waals surface area contributed by atoms with Crippen LogP contribution in [-0.2, 0) is 0 Å². The Balaban J connectivity index is 1.91. The summed E-state index contributed by atoms with van der Waals surface area (Å²) in [6, 6.07) is 8.11. The monoisotopic (exact) mass is 341 g/mol. The molecule has 7 heteroatoms. The maximum absolute atomic E-state index is 5.09. The highest BCUT2D eigenvalue weighted by molar-refractivity contribution is 7.12. The Morgan fingerprint density at radius 2 is 2.17 bits per heavy atom. The quantitative estimate of drug-likeness (QED) is 0.768. The van der Waals surface area contributed by atoms with Gasteiger partial charge in [-0.2, -0.15) is 0 Å². The molecule has 3 aromatic rings. The van der Waals surface area contributed by atoms with Crippen LogP contribution < -0.4 is 10.6 Å². The summed E-state index contributed by atoms with van der Waals surface area (Å²) in [5.41, 5.74) is 3.85. The second-order valence-corrected chi connectivity index (χ2v) is 6.98. The van der Waals surface area contributed by atoms with Crippen molar-refractivity contribution in [3.63, 3.8) is 0 Å². The van der Waals surface area contributed by atoms with Crippen LogP contribution in [0.3, 0.4) is 0 Å². The summed E-state index contributed by atoms with van der Waals surface area (Å²) in [5, 5.41) is 8.87. The molecule has 0 bridgehead atoms. The zero-order valence-corrected chi connectivity index (χ0v) is 14.1. The number of thiophene rings is 1. The Kier molecular flexibility index (Phi) is 3.90. The van der Waals surface area contributed by atoms with Gasteiger partial charge in [0.1, 0.15) is 18.0 Å². The third-order valence-corrected chi connectivity index (χ3v) is 5.47. The predicted octanol–water partition coefficient (Wildman–Crippen LogP) is 3.15. The number of nitrogens with zero attached hydrogens (tertiary/aromatic N) is 3. The Morgan fingerprint density at radius 1 is 1.22 bits per heavy atom. The van der Waals surface area contributed by atoms with E-state index in [2.05, 4.69) is 38.1 Å². The minimum absolute atomic E-state index is 0.0402. The Hall–Kier alpha value is -2.09. The minimum atomic E-state index is -0.0567. The van der Waals surface area contributed by atoms with Crippen molar-refractivity contribution in [2.75, 3.05) is 12.4 Å². The normalized spacial score (nSPS) is 20.3. The molecule has 4 rings (SSSR count). The molecular weight excluding hydrogens is 326 g/mol. The molecule has 0 aromatic carbocycles. The van der Waals surface area contributed by atoms with Crippen LogP contribution in [0.5, 0.6) is 0 Å². The molecule has 0 radical (unpaired) electrons. The number of rotatable bonds is 3. The van der Waals surface area contributed by atoms with Crippen molar-refractivity contribution in [2.24, 2.45) is 4.99 Å². The fraction of sp³-hybridized carbons (Fsp3) is 0.188. The van der Waals surface area contributed by atoms with E-state index in [0.29, 0.717) is 0 Å². The molecular formula is C16H15N5S2. The van der Waals surface area contributed by atoms with Gasteiger partial charge in [0.05, 0.1) is 21.0 Å². The lowest BCUT2D eigenvalue weighted by atomic mass is 10.1. The summed E-state index contributed by atoms with van der Waals surface area (Å²) < 4.78 is 0. The highest BCUT2D eigenvalue weighted by atomic mass is 32.1. The molecule has 2 atom stereocenters. The molecule has 116 valence electrons. The summed E-state index contributed by atoms with van der Waals surface area (Å²) >= 11 is 3.31. The highest BCUT2D eigenvalue weighted by Gasteiger charge is 2.29. The second kappa shape index (κ2) is 6.19. The van der Waals surface area contributed by atoms with Gasteiger partial charge < -0.3 is 5.32 Å². The summed E-state index contributed by atoms with van der Waals surface area (Å²) in [7, 11) is 1.93. The fourth-order valence-electron chi connectivity index (χ4n) is 2.66. The van der Waals surface area contributed by atoms with Crippen molar-refractivity contribution in [1.29, 1.82) is 0 Å². The van der Waals surface area contributed by atoms with Crippen molar-refractivity contribution in [3.8, 4) is 0 Å². The molecule has 2 unspecified atom stereocenters. The first-order chi connectivity index (χ1) is 11.4. The van der Waals surface area contributed by atoms with E-state index in [-0.39, 0.29) is 12.2 Å². The Bertz CT molecular complexity index is 811. The van der Waals surface area contributed by atoms with Gasteiger partial charge in [-0.1, -0.05) is 6.07 Å². The maximum atomic E-state index is 5.09. The molecule has 2 N–H and O–H groups in total. The average Bonchev–Trinajstić information content (AvgIpc) is 3.26. The lowest BCUT2D eigenvalue weighted by Gasteiger charge is -2.22. The highest BCUT2D eigenvalue weighted by Crippen LogP contribution is 2.32. The van der Waals surface area contributed by atoms with Gasteiger partial charge in [-0.3, -0.25) is 15.3 Å². The van der Waals surface area contributed by atoms with Crippen LogP contribution in [0.15, 0.2) is 52.5 Å². The van der Waals surface area contributed by atoms with E-state index in [1.807, 2.05) is 30.9 Å². The number of hydrogen-bond acceptors (Lipinski definition) is 7. The van der Waals surface area contributed by atoms with Gasteiger partial charge in [0.15, 0.2) is 0 Å². The molecule has 1 aliphatic rings. The molecule has 4 heterocycles. The van der Waals surface area contributed by atoms with Crippen LogP contribution in [0.1, 0.15) is 21.4 Å². The van der Waals surface area contributed by atoms with Crippen LogP contribution in [0.25, 0.3) is 0 Å². The third kappa shape index (κ3) is 2.67. The van der Waals surface area contributed by atoms with Gasteiger partial charge in [0.2, 0.25) is 0 Å². The van der Waals surface area contributed by atoms with E-state index in [9.17, 15) is 0 Å². The Morgan fingerprint density at radius 3 is 2.91 bits per heavy atom. The zero-order valence-electron chi connectivity index (χ0n) is 12.4. The molecule has 0 spiro atoms. The number of thiazole rings is 1. The molecule has 0 amide bonds. The van der Waals surface area contributed by atoms with Crippen LogP contribution >= 0.6 is 22.7 Å². The van der Waals surface area contributed by atoms with Gasteiger partial charge in [-0.25, -0.2) is 4.98 Å². The van der Waals surface area contributed by atoms with Crippen molar-refractivity contribution in [1.82, 2.24) is 15.3 Å². The van der Waals surface area contributed by atoms with E-state index in [0.717, 1.165) is 26.8 Å². The molecule has 0 fully saturated rings. The van der Waals surface area contributed by atoms with Crippen LogP contribution in [0, 0.1) is 0 Å². The summed E-state index contributed by atoms with van der Waals surface area (Å²) in [4.78, 5) is 16.1. The standard InChI is InChI=1S/C16H15N5S2/c1-17-16-14(12-8-18-9-23-12)20-13(11-5-3-7-22-11)10-4-2-6-19-15(10)21-16/h2-9,14,16-17H,1H3,(H,19,21). The summed E-state index contributed by atoms with van der Waals surface area (Å²) in [6.45, 7) is 0. The van der Waals surface area contributed by atoms with E-state index in [1.165, 1.54) is 0 Å². The van der Waals surface area contributed by atoms with Crippen molar-refractivity contribution in [2.45, 2.75) is 12.2 Å². The Labute approximate surface area is 142 Å². The first kappa shape index (κ1) is 14.5. The molecule has 1 aliphatic heterocycles. The molecule has 0 saturated heterocycles. The van der Waals surface area contributed by atoms with Gasteiger partial charge >= 0.3 is 0 Å². The largest absolute Gasteiger partial charge is 0.352 e. The summed E-state index contributed by atoms with van der Waals surface area (Å²) in [5.74, 6) is 0.853. The predicted molar refractivity (Wildman–Crippen MR) is 95.5 cm³/mol. The van der Waals surface area contributed by atoms with Crippen LogP contribution in [0.4, 0.5) is 5.82 Å². The lowest BCUT2D eigenvalue weighted by molar-refractivity contribution is 0.528. The number of fused-ring (bicyclic) bond motifs is 1. The number of aliphatic imine (C=N–C) groups is 1. The van der Waals surface area contributed by atoms with Crippen molar-refractivity contribution in [3.05, 3.63) is 62.9 Å². The lowest BCUT2D eigenvalue weighted by Crippen LogP contribution is -2.38. The number of pyridine rings is 1. The van der Waals surface area contributed by atoms with Crippen LogP contribution in [-0.4, -0.2) is 28.9 Å². The van der Waals surface area contributed by atoms with E-state index < -0.39 is 0 Å². The summed E-state index contributed by atoms with van der Waals surface area (Å²) in [6.07, 6.45) is 3.65. The molecule has 0 saturated carbocycles. The van der Waals surface area contributed by atoms with Crippen molar-refractivity contribution >= 4 is 34.2 Å². The first-order valence-corrected chi connectivity index (χ1v) is 9.02. The minimum Gasteiger partial charge on any atom is -0.352 e. The van der Waals surface area contributed by atoms with Gasteiger partial charge in [0.25, 0.3) is 0 Å². The number of aromatic nitrogens is 2. The third-order valence-electron chi connectivity index (χ3n) is 3.75. The van der Waals surface area contributed by atoms with E-state index >= 15 is 0 Å². The number of hydrogen-bond donors (Lipinski definition) is 2. The smallest absolute Gasteiger partial charge is 0.136 e. The van der Waals surface area contributed by atoms with Crippen molar-refractivity contribution < 1.29 is 0 Å². The molecule has 3 aromatic heterocycles. The van der Waals surface area contributed by atoms with Crippen LogP contribution in [0.2, 0.25) is 0 Å². The second-order valence-electron chi connectivity index (χ2n) is 5.11. The topological polar surface area (TPSA) is 62.2 Å². The van der Waals surface area contributed by atoms with E-state index in [4.69, 9.17) is 4.99 Å². The van der Waals surface area contributed by atoms with Gasteiger partial charge in [-0.15, -0.1) is 22.7 Å².